The largest absolute Gasteiger partial charge is 0.493 e. The lowest BCUT2D eigenvalue weighted by molar-refractivity contribution is 0.0680. The Morgan fingerprint density at radius 2 is 1.65 bits per heavy atom. The van der Waals surface area contributed by atoms with Gasteiger partial charge in [0.15, 0.2) is 11.5 Å². The van der Waals surface area contributed by atoms with Crippen LogP contribution in [0.4, 0.5) is 4.39 Å². The summed E-state index contributed by atoms with van der Waals surface area (Å²) in [6.07, 6.45) is 0. The van der Waals surface area contributed by atoms with Gasteiger partial charge in [0.1, 0.15) is 10.7 Å². The molecule has 34 heavy (non-hydrogen) atoms. The molecule has 3 aromatic carbocycles. The van der Waals surface area contributed by atoms with E-state index in [-0.39, 0.29) is 28.8 Å². The maximum Gasteiger partial charge on any atom is 0.339 e. The van der Waals surface area contributed by atoms with E-state index in [0.717, 1.165) is 28.7 Å². The van der Waals surface area contributed by atoms with Gasteiger partial charge < -0.3 is 18.6 Å². The van der Waals surface area contributed by atoms with Crippen LogP contribution in [0.1, 0.15) is 15.9 Å². The van der Waals surface area contributed by atoms with E-state index in [2.05, 4.69) is 15.9 Å². The van der Waals surface area contributed by atoms with Crippen molar-refractivity contribution in [2.24, 2.45) is 0 Å². The van der Waals surface area contributed by atoms with Crippen molar-refractivity contribution in [2.75, 3.05) is 27.4 Å². The van der Waals surface area contributed by atoms with Crippen molar-refractivity contribution in [3.05, 3.63) is 88.1 Å². The molecule has 7 nitrogen and oxygen atoms in total. The molecule has 0 saturated heterocycles. The molecule has 180 valence electrons. The molecule has 0 saturated carbocycles. The van der Waals surface area contributed by atoms with E-state index in [1.807, 2.05) is 0 Å². The first-order chi connectivity index (χ1) is 16.2. The summed E-state index contributed by atoms with van der Waals surface area (Å²) in [6, 6.07) is 16.0. The molecule has 0 radical (unpaired) electrons. The summed E-state index contributed by atoms with van der Waals surface area (Å²) in [5.41, 5.74) is 1.12. The standard InChI is InChI=1S/C24H23BrFNO6S/c1-31-14-13-27(24(28)18-4-6-19(25)7-5-18)16-17-3-12-22(32-2)23(15-17)33-34(29,30)21-10-8-20(26)9-11-21/h3-12,15H,13-14,16H2,1-2H3. The summed E-state index contributed by atoms with van der Waals surface area (Å²) in [7, 11) is -1.31. The van der Waals surface area contributed by atoms with E-state index in [1.54, 1.807) is 48.4 Å². The van der Waals surface area contributed by atoms with Gasteiger partial charge in [0, 0.05) is 30.2 Å². The van der Waals surface area contributed by atoms with Crippen LogP contribution < -0.4 is 8.92 Å². The van der Waals surface area contributed by atoms with Crippen LogP contribution in [-0.2, 0) is 21.4 Å². The van der Waals surface area contributed by atoms with Gasteiger partial charge in [0.2, 0.25) is 0 Å². The molecule has 0 unspecified atom stereocenters. The summed E-state index contributed by atoms with van der Waals surface area (Å²) in [6.45, 7) is 0.817. The number of amides is 1. The Bertz CT molecular complexity index is 1230. The Balaban J connectivity index is 1.88. The SMILES string of the molecule is COCCN(Cc1ccc(OC)c(OS(=O)(=O)c2ccc(F)cc2)c1)C(=O)c1ccc(Br)cc1. The third-order valence-corrected chi connectivity index (χ3v) is 6.62. The molecule has 0 N–H and O–H groups in total. The van der Waals surface area contributed by atoms with E-state index in [4.69, 9.17) is 13.7 Å². The maximum atomic E-state index is 13.2. The van der Waals surface area contributed by atoms with Crippen molar-refractivity contribution in [3.8, 4) is 11.5 Å². The summed E-state index contributed by atoms with van der Waals surface area (Å²) >= 11 is 3.35. The first-order valence-corrected chi connectivity index (χ1v) is 12.3. The van der Waals surface area contributed by atoms with Crippen LogP contribution >= 0.6 is 15.9 Å². The van der Waals surface area contributed by atoms with Crippen molar-refractivity contribution in [3.63, 3.8) is 0 Å². The second kappa shape index (κ2) is 11.5. The lowest BCUT2D eigenvalue weighted by atomic mass is 10.1. The van der Waals surface area contributed by atoms with Gasteiger partial charge in [0.25, 0.3) is 5.91 Å². The number of nitrogens with zero attached hydrogens (tertiary/aromatic N) is 1. The van der Waals surface area contributed by atoms with E-state index < -0.39 is 15.9 Å². The zero-order chi connectivity index (χ0) is 24.7. The van der Waals surface area contributed by atoms with Crippen LogP contribution in [0, 0.1) is 5.82 Å². The molecule has 10 heteroatoms. The first-order valence-electron chi connectivity index (χ1n) is 10.1. The van der Waals surface area contributed by atoms with Gasteiger partial charge in [-0.05, 0) is 66.2 Å². The fourth-order valence-corrected chi connectivity index (χ4v) is 4.30. The summed E-state index contributed by atoms with van der Waals surface area (Å²) in [5.74, 6) is -0.629. The molecule has 0 heterocycles. The predicted octanol–water partition coefficient (Wildman–Crippen LogP) is 4.65. The van der Waals surface area contributed by atoms with Gasteiger partial charge in [0.05, 0.1) is 13.7 Å². The monoisotopic (exact) mass is 551 g/mol. The molecule has 0 aliphatic carbocycles. The number of halogens is 2. The molecule has 0 atom stereocenters. The molecule has 1 amide bonds. The highest BCUT2D eigenvalue weighted by Crippen LogP contribution is 2.31. The number of hydrogen-bond donors (Lipinski definition) is 0. The number of methoxy groups -OCH3 is 2. The molecule has 3 aromatic rings. The second-order valence-corrected chi connectivity index (χ2v) is 9.66. The maximum absolute atomic E-state index is 13.2. The van der Waals surface area contributed by atoms with E-state index >= 15 is 0 Å². The van der Waals surface area contributed by atoms with Gasteiger partial charge in [-0.25, -0.2) is 4.39 Å². The minimum absolute atomic E-state index is 0.0490. The zero-order valence-corrected chi connectivity index (χ0v) is 20.9. The quantitative estimate of drug-likeness (QED) is 0.341. The summed E-state index contributed by atoms with van der Waals surface area (Å²) in [4.78, 5) is 14.5. The lowest BCUT2D eigenvalue weighted by Gasteiger charge is -2.23. The fraction of sp³-hybridized carbons (Fsp3) is 0.208. The Hall–Kier alpha value is -2.95. The van der Waals surface area contributed by atoms with Crippen LogP contribution in [0.5, 0.6) is 11.5 Å². The first kappa shape index (κ1) is 25.7. The molecular weight excluding hydrogens is 529 g/mol. The number of ether oxygens (including phenoxy) is 2. The molecular formula is C24H23BrFNO6S. The molecule has 0 aliphatic rings. The Labute approximate surface area is 206 Å². The van der Waals surface area contributed by atoms with Crippen molar-refractivity contribution >= 4 is 32.0 Å². The van der Waals surface area contributed by atoms with Crippen molar-refractivity contribution < 1.29 is 31.3 Å². The summed E-state index contributed by atoms with van der Waals surface area (Å²) in [5, 5.41) is 0. The highest BCUT2D eigenvalue weighted by Gasteiger charge is 2.21. The molecule has 0 spiro atoms. The third kappa shape index (κ3) is 6.55. The van der Waals surface area contributed by atoms with Crippen LogP contribution in [0.15, 0.2) is 76.1 Å². The second-order valence-electron chi connectivity index (χ2n) is 7.20. The number of benzene rings is 3. The number of carbonyl (C=O) groups is 1. The van der Waals surface area contributed by atoms with E-state index in [9.17, 15) is 17.6 Å². The van der Waals surface area contributed by atoms with Gasteiger partial charge >= 0.3 is 10.1 Å². The van der Waals surface area contributed by atoms with Crippen molar-refractivity contribution in [1.82, 2.24) is 4.90 Å². The highest BCUT2D eigenvalue weighted by atomic mass is 79.9. The zero-order valence-electron chi connectivity index (χ0n) is 18.5. The average molecular weight is 552 g/mol. The van der Waals surface area contributed by atoms with Crippen LogP contribution in [-0.4, -0.2) is 46.6 Å². The van der Waals surface area contributed by atoms with Crippen molar-refractivity contribution in [1.29, 1.82) is 0 Å². The Morgan fingerprint density at radius 3 is 2.26 bits per heavy atom. The van der Waals surface area contributed by atoms with E-state index in [1.165, 1.54) is 13.2 Å². The molecule has 0 bridgehead atoms. The minimum atomic E-state index is -4.24. The van der Waals surface area contributed by atoms with Gasteiger partial charge in [-0.2, -0.15) is 8.42 Å². The highest BCUT2D eigenvalue weighted by molar-refractivity contribution is 9.10. The average Bonchev–Trinajstić information content (AvgIpc) is 2.82. The molecule has 0 aromatic heterocycles. The summed E-state index contributed by atoms with van der Waals surface area (Å²) < 4.78 is 55.1. The Morgan fingerprint density at radius 1 is 0.971 bits per heavy atom. The van der Waals surface area contributed by atoms with Crippen molar-refractivity contribution in [2.45, 2.75) is 11.4 Å². The molecule has 0 fully saturated rings. The van der Waals surface area contributed by atoms with Gasteiger partial charge in [-0.3, -0.25) is 4.79 Å². The lowest BCUT2D eigenvalue weighted by Crippen LogP contribution is -2.33. The smallest absolute Gasteiger partial charge is 0.339 e. The normalized spacial score (nSPS) is 11.2. The third-order valence-electron chi connectivity index (χ3n) is 4.85. The van der Waals surface area contributed by atoms with Crippen LogP contribution in [0.2, 0.25) is 0 Å². The van der Waals surface area contributed by atoms with Crippen LogP contribution in [0.3, 0.4) is 0 Å². The van der Waals surface area contributed by atoms with Gasteiger partial charge in [-0.15, -0.1) is 0 Å². The Kier molecular flexibility index (Phi) is 8.65. The minimum Gasteiger partial charge on any atom is -0.493 e. The number of hydrogen-bond acceptors (Lipinski definition) is 6. The van der Waals surface area contributed by atoms with Crippen LogP contribution in [0.25, 0.3) is 0 Å². The number of carbonyl (C=O) groups excluding carboxylic acids is 1. The predicted molar refractivity (Wildman–Crippen MR) is 128 cm³/mol. The van der Waals surface area contributed by atoms with Gasteiger partial charge in [-0.1, -0.05) is 22.0 Å². The number of rotatable bonds is 10. The van der Waals surface area contributed by atoms with E-state index in [0.29, 0.717) is 24.3 Å². The molecule has 0 aliphatic heterocycles. The topological polar surface area (TPSA) is 82.1 Å². The molecule has 3 rings (SSSR count). The fourth-order valence-electron chi connectivity index (χ4n) is 3.10.